The van der Waals surface area contributed by atoms with Gasteiger partial charge in [-0.1, -0.05) is 20.8 Å². The maximum atomic E-state index is 12.7. The predicted molar refractivity (Wildman–Crippen MR) is 55.0 cm³/mol. The third kappa shape index (κ3) is 2.97. The minimum atomic E-state index is -2.41. The Morgan fingerprint density at radius 2 is 2.00 bits per heavy atom. The van der Waals surface area contributed by atoms with Crippen molar-refractivity contribution >= 4 is 5.78 Å². The molecule has 1 rings (SSSR count). The van der Waals surface area contributed by atoms with Crippen molar-refractivity contribution in [3.8, 4) is 0 Å². The third-order valence-electron chi connectivity index (χ3n) is 2.85. The van der Waals surface area contributed by atoms with Gasteiger partial charge >= 0.3 is 0 Å². The molecule has 0 spiro atoms. The fourth-order valence-electron chi connectivity index (χ4n) is 1.94. The summed E-state index contributed by atoms with van der Waals surface area (Å²) in [5.74, 6) is -0.919. The van der Waals surface area contributed by atoms with Gasteiger partial charge in [-0.25, -0.2) is 8.78 Å². The van der Waals surface area contributed by atoms with Gasteiger partial charge in [-0.3, -0.25) is 4.79 Å². The Morgan fingerprint density at radius 1 is 1.40 bits per heavy atom. The summed E-state index contributed by atoms with van der Waals surface area (Å²) in [6.07, 6.45) is -1.24. The highest BCUT2D eigenvalue weighted by Gasteiger charge is 2.40. The van der Waals surface area contributed by atoms with Crippen molar-refractivity contribution in [3.63, 3.8) is 0 Å². The normalized spacial score (nSPS) is 28.1. The second-order valence-electron chi connectivity index (χ2n) is 5.19. The summed E-state index contributed by atoms with van der Waals surface area (Å²) in [7, 11) is 0. The SMILES string of the molecule is CC(C)(C)C(=O)C1NCCCC1C(F)F. The van der Waals surface area contributed by atoms with Crippen molar-refractivity contribution in [2.24, 2.45) is 11.3 Å². The van der Waals surface area contributed by atoms with E-state index in [0.29, 0.717) is 13.0 Å². The van der Waals surface area contributed by atoms with E-state index in [9.17, 15) is 13.6 Å². The first-order valence-corrected chi connectivity index (χ1v) is 5.40. The lowest BCUT2D eigenvalue weighted by atomic mass is 9.78. The zero-order valence-electron chi connectivity index (χ0n) is 9.52. The molecule has 88 valence electrons. The van der Waals surface area contributed by atoms with Gasteiger partial charge in [0.2, 0.25) is 6.43 Å². The molecule has 1 aliphatic heterocycles. The van der Waals surface area contributed by atoms with Crippen LogP contribution in [0.2, 0.25) is 0 Å². The van der Waals surface area contributed by atoms with Gasteiger partial charge in [-0.15, -0.1) is 0 Å². The molecule has 1 N–H and O–H groups in total. The lowest BCUT2D eigenvalue weighted by molar-refractivity contribution is -0.132. The van der Waals surface area contributed by atoms with E-state index in [4.69, 9.17) is 0 Å². The molecule has 0 bridgehead atoms. The van der Waals surface area contributed by atoms with Crippen molar-refractivity contribution in [1.29, 1.82) is 0 Å². The molecule has 1 heterocycles. The number of alkyl halides is 2. The molecule has 0 aliphatic carbocycles. The number of rotatable bonds is 2. The Labute approximate surface area is 89.4 Å². The molecule has 0 aromatic rings. The third-order valence-corrected chi connectivity index (χ3v) is 2.85. The number of Topliss-reactive ketones (excluding diaryl/α,β-unsaturated/α-hetero) is 1. The predicted octanol–water partition coefficient (Wildman–Crippen LogP) is 2.23. The lowest BCUT2D eigenvalue weighted by Crippen LogP contribution is -2.52. The zero-order valence-corrected chi connectivity index (χ0v) is 9.52. The fourth-order valence-corrected chi connectivity index (χ4v) is 1.94. The molecule has 1 aliphatic rings. The van der Waals surface area contributed by atoms with Crippen LogP contribution < -0.4 is 5.32 Å². The molecule has 0 aromatic heterocycles. The van der Waals surface area contributed by atoms with Gasteiger partial charge < -0.3 is 5.32 Å². The highest BCUT2D eigenvalue weighted by molar-refractivity contribution is 5.89. The van der Waals surface area contributed by atoms with E-state index in [2.05, 4.69) is 5.32 Å². The number of piperidine rings is 1. The molecule has 4 heteroatoms. The van der Waals surface area contributed by atoms with E-state index in [1.807, 2.05) is 0 Å². The number of hydrogen-bond acceptors (Lipinski definition) is 2. The van der Waals surface area contributed by atoms with Crippen LogP contribution in [0.5, 0.6) is 0 Å². The first kappa shape index (κ1) is 12.6. The molecule has 1 fully saturated rings. The quantitative estimate of drug-likeness (QED) is 0.771. The van der Waals surface area contributed by atoms with Gasteiger partial charge in [0.05, 0.1) is 6.04 Å². The maximum Gasteiger partial charge on any atom is 0.243 e. The van der Waals surface area contributed by atoms with Crippen LogP contribution in [0, 0.1) is 11.3 Å². The van der Waals surface area contributed by atoms with Crippen molar-refractivity contribution in [2.45, 2.75) is 46.1 Å². The fraction of sp³-hybridized carbons (Fsp3) is 0.909. The van der Waals surface area contributed by atoms with Crippen molar-refractivity contribution in [1.82, 2.24) is 5.32 Å². The number of halogens is 2. The molecular formula is C11H19F2NO. The van der Waals surface area contributed by atoms with Gasteiger partial charge in [0.25, 0.3) is 0 Å². The molecule has 0 saturated carbocycles. The largest absolute Gasteiger partial charge is 0.307 e. The van der Waals surface area contributed by atoms with Crippen molar-refractivity contribution in [2.75, 3.05) is 6.54 Å². The van der Waals surface area contributed by atoms with E-state index >= 15 is 0 Å². The van der Waals surface area contributed by atoms with Crippen LogP contribution in [0.1, 0.15) is 33.6 Å². The molecule has 15 heavy (non-hydrogen) atoms. The highest BCUT2D eigenvalue weighted by atomic mass is 19.3. The number of nitrogens with one attached hydrogen (secondary N) is 1. The first-order chi connectivity index (χ1) is 6.84. The second-order valence-corrected chi connectivity index (χ2v) is 5.19. The number of carbonyl (C=O) groups is 1. The van der Waals surface area contributed by atoms with Crippen LogP contribution in [0.4, 0.5) is 8.78 Å². The van der Waals surface area contributed by atoms with Crippen molar-refractivity contribution < 1.29 is 13.6 Å². The Balaban J connectivity index is 2.77. The molecule has 0 radical (unpaired) electrons. The van der Waals surface area contributed by atoms with Crippen LogP contribution in [0.3, 0.4) is 0 Å². The highest BCUT2D eigenvalue weighted by Crippen LogP contribution is 2.29. The Kier molecular flexibility index (Phi) is 3.82. The molecule has 1 saturated heterocycles. The Hall–Kier alpha value is -0.510. The molecule has 2 unspecified atom stereocenters. The van der Waals surface area contributed by atoms with E-state index in [1.54, 1.807) is 20.8 Å². The molecule has 2 atom stereocenters. The topological polar surface area (TPSA) is 29.1 Å². The van der Waals surface area contributed by atoms with Crippen LogP contribution >= 0.6 is 0 Å². The molecular weight excluding hydrogens is 200 g/mol. The summed E-state index contributed by atoms with van der Waals surface area (Å²) < 4.78 is 25.5. The number of hydrogen-bond donors (Lipinski definition) is 1. The number of ketones is 1. The number of carbonyl (C=O) groups excluding carboxylic acids is 1. The van der Waals surface area contributed by atoms with E-state index in [-0.39, 0.29) is 5.78 Å². The lowest BCUT2D eigenvalue weighted by Gasteiger charge is -2.34. The average molecular weight is 219 g/mol. The van der Waals surface area contributed by atoms with Gasteiger partial charge in [0, 0.05) is 11.3 Å². The summed E-state index contributed by atoms with van der Waals surface area (Å²) in [4.78, 5) is 11.9. The average Bonchev–Trinajstić information content (AvgIpc) is 2.15. The Bertz CT molecular complexity index is 235. The van der Waals surface area contributed by atoms with E-state index in [1.165, 1.54) is 0 Å². The smallest absolute Gasteiger partial charge is 0.243 e. The van der Waals surface area contributed by atoms with Crippen LogP contribution in [-0.4, -0.2) is 24.8 Å². The summed E-state index contributed by atoms with van der Waals surface area (Å²) in [5, 5.41) is 2.93. The van der Waals surface area contributed by atoms with Crippen LogP contribution in [0.25, 0.3) is 0 Å². The molecule has 0 aromatic carbocycles. The first-order valence-electron chi connectivity index (χ1n) is 5.40. The summed E-state index contributed by atoms with van der Waals surface area (Å²) in [6, 6.07) is -0.668. The van der Waals surface area contributed by atoms with Crippen molar-refractivity contribution in [3.05, 3.63) is 0 Å². The summed E-state index contributed by atoms with van der Waals surface area (Å²) in [6.45, 7) is 5.98. The maximum absolute atomic E-state index is 12.7. The zero-order chi connectivity index (χ0) is 11.6. The standard InChI is InChI=1S/C11H19F2NO/c1-11(2,3)9(15)8-7(10(12)13)5-4-6-14-8/h7-8,10,14H,4-6H2,1-3H3. The minimum absolute atomic E-state index is 0.104. The van der Waals surface area contributed by atoms with E-state index in [0.717, 1.165) is 6.42 Å². The summed E-state index contributed by atoms with van der Waals surface area (Å²) in [5.41, 5.74) is -0.553. The monoisotopic (exact) mass is 219 g/mol. The second kappa shape index (κ2) is 4.56. The molecule has 2 nitrogen and oxygen atoms in total. The van der Waals surface area contributed by atoms with Gasteiger partial charge in [0.1, 0.15) is 0 Å². The summed E-state index contributed by atoms with van der Waals surface area (Å²) >= 11 is 0. The van der Waals surface area contributed by atoms with Crippen LogP contribution in [-0.2, 0) is 4.79 Å². The Morgan fingerprint density at radius 3 is 2.47 bits per heavy atom. The van der Waals surface area contributed by atoms with Gasteiger partial charge in [0.15, 0.2) is 5.78 Å². The minimum Gasteiger partial charge on any atom is -0.307 e. The molecule has 0 amide bonds. The van der Waals surface area contributed by atoms with Gasteiger partial charge in [-0.2, -0.15) is 0 Å². The van der Waals surface area contributed by atoms with Crippen LogP contribution in [0.15, 0.2) is 0 Å². The van der Waals surface area contributed by atoms with Gasteiger partial charge in [-0.05, 0) is 19.4 Å². The van der Waals surface area contributed by atoms with E-state index < -0.39 is 23.8 Å².